The molecule has 0 aliphatic carbocycles. The molecule has 29 heavy (non-hydrogen) atoms. The average Bonchev–Trinajstić information content (AvgIpc) is 2.68. The molecule has 0 aliphatic rings. The lowest BCUT2D eigenvalue weighted by atomic mass is 10.2. The van der Waals surface area contributed by atoms with Crippen LogP contribution < -0.4 is 21.7 Å². The van der Waals surface area contributed by atoms with E-state index in [1.165, 1.54) is 10.6 Å². The Morgan fingerprint density at radius 2 is 1.72 bits per heavy atom. The van der Waals surface area contributed by atoms with E-state index in [1.807, 2.05) is 31.2 Å². The van der Waals surface area contributed by atoms with Crippen LogP contribution in [0, 0.1) is 13.8 Å². The number of fused-ring (bicyclic) bond motifs is 1. The molecule has 10 heteroatoms. The summed E-state index contributed by atoms with van der Waals surface area (Å²) in [4.78, 5) is 29.4. The number of anilines is 1. The van der Waals surface area contributed by atoms with E-state index in [-0.39, 0.29) is 22.1 Å². The van der Waals surface area contributed by atoms with Crippen molar-refractivity contribution in [3.05, 3.63) is 68.2 Å². The zero-order valence-corrected chi connectivity index (χ0v) is 17.9. The summed E-state index contributed by atoms with van der Waals surface area (Å²) in [5.41, 5.74) is 6.81. The summed E-state index contributed by atoms with van der Waals surface area (Å²) in [5, 5.41) is 3.85. The number of rotatable bonds is 3. The van der Waals surface area contributed by atoms with Gasteiger partial charge in [-0.2, -0.15) is 0 Å². The summed E-state index contributed by atoms with van der Waals surface area (Å²) in [5.74, 6) is -0.148. The van der Waals surface area contributed by atoms with Crippen molar-refractivity contribution in [2.24, 2.45) is 0 Å². The minimum Gasteiger partial charge on any atom is -0.331 e. The molecule has 0 fully saturated rings. The molecule has 3 rings (SSSR count). The van der Waals surface area contributed by atoms with Crippen LogP contribution in [0.3, 0.4) is 0 Å². The topological polar surface area (TPSA) is 88.0 Å². The number of carbonyl (C=O) groups is 1. The van der Waals surface area contributed by atoms with Crippen LogP contribution in [0.5, 0.6) is 0 Å². The molecule has 2 aromatic carbocycles. The number of hydrogen-bond donors (Lipinski definition) is 3. The molecule has 3 N–H and O–H groups in total. The Bertz CT molecular complexity index is 1160. The average molecular weight is 450 g/mol. The molecule has 0 spiro atoms. The lowest BCUT2D eigenvalue weighted by molar-refractivity contribution is -0.122. The van der Waals surface area contributed by atoms with Gasteiger partial charge in [0.25, 0.3) is 11.5 Å². The van der Waals surface area contributed by atoms with Gasteiger partial charge in [0.2, 0.25) is 0 Å². The van der Waals surface area contributed by atoms with E-state index in [4.69, 9.17) is 35.4 Å². The molecule has 150 valence electrons. The van der Waals surface area contributed by atoms with Crippen molar-refractivity contribution in [2.75, 3.05) is 5.32 Å². The first-order valence-corrected chi connectivity index (χ1v) is 9.70. The number of aromatic nitrogens is 2. The van der Waals surface area contributed by atoms with E-state index in [9.17, 15) is 9.59 Å². The molecule has 0 saturated carbocycles. The van der Waals surface area contributed by atoms with Crippen LogP contribution in [-0.4, -0.2) is 20.6 Å². The summed E-state index contributed by atoms with van der Waals surface area (Å²) in [7, 11) is 0. The van der Waals surface area contributed by atoms with Crippen molar-refractivity contribution in [2.45, 2.75) is 20.4 Å². The van der Waals surface area contributed by atoms with Gasteiger partial charge in [-0.05, 0) is 50.3 Å². The summed E-state index contributed by atoms with van der Waals surface area (Å²) < 4.78 is 1.22. The highest BCUT2D eigenvalue weighted by atomic mass is 35.5. The highest BCUT2D eigenvalue weighted by Gasteiger charge is 2.16. The summed E-state index contributed by atoms with van der Waals surface area (Å²) in [6, 6.07) is 10.7. The summed E-state index contributed by atoms with van der Waals surface area (Å²) in [6.07, 6.45) is 0. The summed E-state index contributed by atoms with van der Waals surface area (Å²) in [6.45, 7) is 3.33. The van der Waals surface area contributed by atoms with E-state index >= 15 is 0 Å². The van der Waals surface area contributed by atoms with Gasteiger partial charge in [0.1, 0.15) is 12.4 Å². The smallest absolute Gasteiger partial charge is 0.263 e. The van der Waals surface area contributed by atoms with Gasteiger partial charge in [-0.25, -0.2) is 4.98 Å². The normalized spacial score (nSPS) is 10.6. The highest BCUT2D eigenvalue weighted by molar-refractivity contribution is 7.80. The van der Waals surface area contributed by atoms with Crippen LogP contribution in [0.1, 0.15) is 11.4 Å². The molecule has 0 unspecified atom stereocenters. The maximum absolute atomic E-state index is 12.8. The molecule has 0 atom stereocenters. The number of benzene rings is 2. The van der Waals surface area contributed by atoms with Gasteiger partial charge >= 0.3 is 0 Å². The minimum atomic E-state index is -0.484. The highest BCUT2D eigenvalue weighted by Crippen LogP contribution is 2.25. The van der Waals surface area contributed by atoms with Crippen molar-refractivity contribution < 1.29 is 4.79 Å². The molecule has 0 bridgehead atoms. The van der Waals surface area contributed by atoms with E-state index in [0.29, 0.717) is 16.4 Å². The number of aryl methyl sites for hydroxylation is 2. The van der Waals surface area contributed by atoms with Crippen molar-refractivity contribution >= 4 is 63.0 Å². The first-order chi connectivity index (χ1) is 13.8. The molecule has 1 heterocycles. The van der Waals surface area contributed by atoms with Gasteiger partial charge in [-0.15, -0.1) is 0 Å². The van der Waals surface area contributed by atoms with Crippen LogP contribution in [-0.2, 0) is 11.3 Å². The zero-order valence-electron chi connectivity index (χ0n) is 15.5. The fourth-order valence-corrected chi connectivity index (χ4v) is 3.25. The molecular formula is C19H17Cl2N5O2S. The van der Waals surface area contributed by atoms with E-state index in [2.05, 4.69) is 21.2 Å². The molecule has 1 aromatic heterocycles. The number of thiocarbonyl (C=S) groups is 1. The molecular weight excluding hydrogens is 433 g/mol. The van der Waals surface area contributed by atoms with Gasteiger partial charge in [0.15, 0.2) is 5.11 Å². The van der Waals surface area contributed by atoms with Gasteiger partial charge in [0.05, 0.1) is 20.9 Å². The predicted molar refractivity (Wildman–Crippen MR) is 119 cm³/mol. The monoisotopic (exact) mass is 449 g/mol. The van der Waals surface area contributed by atoms with Crippen LogP contribution in [0.4, 0.5) is 5.69 Å². The van der Waals surface area contributed by atoms with Gasteiger partial charge < -0.3 is 5.32 Å². The van der Waals surface area contributed by atoms with Crippen LogP contribution in [0.25, 0.3) is 10.9 Å². The second kappa shape index (κ2) is 8.77. The van der Waals surface area contributed by atoms with E-state index in [0.717, 1.165) is 11.3 Å². The lowest BCUT2D eigenvalue weighted by Gasteiger charge is -2.14. The van der Waals surface area contributed by atoms with Crippen molar-refractivity contribution in [1.82, 2.24) is 20.4 Å². The number of hydrazine groups is 1. The number of halogens is 2. The molecule has 7 nitrogen and oxygen atoms in total. The maximum atomic E-state index is 12.8. The fourth-order valence-electron chi connectivity index (χ4n) is 2.65. The van der Waals surface area contributed by atoms with Crippen molar-refractivity contribution in [3.8, 4) is 0 Å². The number of amides is 1. The number of hydrogen-bond acceptors (Lipinski definition) is 4. The third kappa shape index (κ3) is 4.84. The number of nitrogens with one attached hydrogen (secondary N) is 3. The van der Waals surface area contributed by atoms with Crippen molar-refractivity contribution in [3.63, 3.8) is 0 Å². The Balaban J connectivity index is 1.70. The number of carbonyl (C=O) groups excluding carboxylic acids is 1. The van der Waals surface area contributed by atoms with Crippen LogP contribution in [0.15, 0.2) is 41.2 Å². The molecule has 0 saturated heterocycles. The Labute approximate surface area is 182 Å². The molecule has 0 radical (unpaired) electrons. The quantitative estimate of drug-likeness (QED) is 0.419. The maximum Gasteiger partial charge on any atom is 0.263 e. The van der Waals surface area contributed by atoms with Crippen LogP contribution >= 0.6 is 35.4 Å². The molecule has 3 aromatic rings. The third-order valence-electron chi connectivity index (χ3n) is 4.13. The lowest BCUT2D eigenvalue weighted by Crippen LogP contribution is -2.46. The number of nitrogens with zero attached hydrogens (tertiary/aromatic N) is 2. The zero-order chi connectivity index (χ0) is 21.1. The Morgan fingerprint density at radius 3 is 2.41 bits per heavy atom. The molecule has 0 aliphatic heterocycles. The van der Waals surface area contributed by atoms with Gasteiger partial charge in [-0.3, -0.25) is 25.0 Å². The van der Waals surface area contributed by atoms with Gasteiger partial charge in [0, 0.05) is 5.69 Å². The predicted octanol–water partition coefficient (Wildman–Crippen LogP) is 3.34. The van der Waals surface area contributed by atoms with E-state index < -0.39 is 11.5 Å². The van der Waals surface area contributed by atoms with Crippen molar-refractivity contribution in [1.29, 1.82) is 0 Å². The first kappa shape index (κ1) is 21.0. The SMILES string of the molecule is Cc1ccc(NC(=S)NNC(=O)Cn2c(C)nc3c(Cl)ccc(Cl)c3c2=O)cc1. The second-order valence-corrected chi connectivity index (χ2v) is 7.52. The van der Waals surface area contributed by atoms with E-state index in [1.54, 1.807) is 13.0 Å². The first-order valence-electron chi connectivity index (χ1n) is 8.54. The standard InChI is InChI=1S/C19H17Cl2N5O2S/c1-10-3-5-12(6-4-10)23-19(29)25-24-15(27)9-26-11(2)22-17-14(21)8-7-13(20)16(17)18(26)28/h3-8H,9H2,1-2H3,(H,24,27)(H2,23,25,29). The summed E-state index contributed by atoms with van der Waals surface area (Å²) >= 11 is 17.4. The molecule has 1 amide bonds. The largest absolute Gasteiger partial charge is 0.331 e. The Kier molecular flexibility index (Phi) is 6.36. The fraction of sp³-hybridized carbons (Fsp3) is 0.158. The Hall–Kier alpha value is -2.68. The van der Waals surface area contributed by atoms with Crippen LogP contribution in [0.2, 0.25) is 10.0 Å². The third-order valence-corrected chi connectivity index (χ3v) is 4.95. The second-order valence-electron chi connectivity index (χ2n) is 6.30. The minimum absolute atomic E-state index is 0.169. The Morgan fingerprint density at radius 1 is 1.07 bits per heavy atom. The van der Waals surface area contributed by atoms with Gasteiger partial charge in [-0.1, -0.05) is 40.9 Å².